The number of benzene rings is 2. The topological polar surface area (TPSA) is 51.0 Å². The molecule has 0 spiro atoms. The Morgan fingerprint density at radius 3 is 2.62 bits per heavy atom. The average Bonchev–Trinajstić information content (AvgIpc) is 3.35. The highest BCUT2D eigenvalue weighted by Crippen LogP contribution is 2.34. The first-order valence-electron chi connectivity index (χ1n) is 10.7. The molecule has 0 aliphatic heterocycles. The average molecular weight is 465 g/mol. The van der Waals surface area contributed by atoms with Gasteiger partial charge in [-0.25, -0.2) is 4.98 Å². The number of anilines is 1. The lowest BCUT2D eigenvalue weighted by Crippen LogP contribution is -2.34. The second-order valence-corrected chi connectivity index (χ2v) is 10.0. The summed E-state index contributed by atoms with van der Waals surface area (Å²) >= 11 is 3.16. The molecule has 166 valence electrons. The SMILES string of the molecule is CSc1ccccc1C(=O)N(CCn1nc(C)cc1C)c1nc2c(C(C)C)cccc2s1. The van der Waals surface area contributed by atoms with Crippen LogP contribution >= 0.6 is 23.1 Å². The summed E-state index contributed by atoms with van der Waals surface area (Å²) in [7, 11) is 0. The molecule has 0 atom stereocenters. The zero-order valence-corrected chi connectivity index (χ0v) is 20.8. The van der Waals surface area contributed by atoms with E-state index in [4.69, 9.17) is 4.98 Å². The van der Waals surface area contributed by atoms with Crippen LogP contribution in [0.5, 0.6) is 0 Å². The Labute approximate surface area is 197 Å². The number of carbonyl (C=O) groups excluding carboxylic acids is 1. The molecular weight excluding hydrogens is 436 g/mol. The molecule has 0 aliphatic carbocycles. The molecule has 0 aliphatic rings. The quantitative estimate of drug-likeness (QED) is 0.301. The molecule has 0 unspecified atom stereocenters. The summed E-state index contributed by atoms with van der Waals surface area (Å²) in [6, 6.07) is 16.1. The Morgan fingerprint density at radius 1 is 1.16 bits per heavy atom. The summed E-state index contributed by atoms with van der Waals surface area (Å²) in [5, 5.41) is 5.31. The Kier molecular flexibility index (Phi) is 6.67. The first-order valence-corrected chi connectivity index (χ1v) is 12.8. The van der Waals surface area contributed by atoms with Gasteiger partial charge < -0.3 is 0 Å². The number of para-hydroxylation sites is 1. The molecule has 2 heterocycles. The molecule has 2 aromatic heterocycles. The predicted molar refractivity (Wildman–Crippen MR) is 135 cm³/mol. The molecule has 32 heavy (non-hydrogen) atoms. The van der Waals surface area contributed by atoms with Gasteiger partial charge in [0.15, 0.2) is 5.13 Å². The summed E-state index contributed by atoms with van der Waals surface area (Å²) in [5.74, 6) is 0.339. The Bertz CT molecular complexity index is 1260. The summed E-state index contributed by atoms with van der Waals surface area (Å²) < 4.78 is 3.07. The van der Waals surface area contributed by atoms with E-state index in [0.29, 0.717) is 24.6 Å². The lowest BCUT2D eigenvalue weighted by atomic mass is 10.0. The molecular formula is C25H28N4OS2. The summed E-state index contributed by atoms with van der Waals surface area (Å²) in [5.41, 5.74) is 4.97. The number of fused-ring (bicyclic) bond motifs is 1. The van der Waals surface area contributed by atoms with Crippen LogP contribution in [0.4, 0.5) is 5.13 Å². The van der Waals surface area contributed by atoms with Gasteiger partial charge in [0.2, 0.25) is 0 Å². The number of thiazole rings is 1. The Balaban J connectivity index is 1.76. The van der Waals surface area contributed by atoms with Crippen LogP contribution in [0, 0.1) is 13.8 Å². The van der Waals surface area contributed by atoms with Crippen molar-refractivity contribution < 1.29 is 4.79 Å². The minimum Gasteiger partial charge on any atom is -0.282 e. The molecule has 1 amide bonds. The largest absolute Gasteiger partial charge is 0.282 e. The molecule has 5 nitrogen and oxygen atoms in total. The number of thioether (sulfide) groups is 1. The molecule has 4 rings (SSSR count). The monoisotopic (exact) mass is 464 g/mol. The van der Waals surface area contributed by atoms with Gasteiger partial charge in [-0.2, -0.15) is 5.10 Å². The molecule has 0 saturated carbocycles. The molecule has 0 saturated heterocycles. The van der Waals surface area contributed by atoms with Gasteiger partial charge in [-0.15, -0.1) is 11.8 Å². The minimum absolute atomic E-state index is 0.0263. The predicted octanol–water partition coefficient (Wildman–Crippen LogP) is 6.30. The Morgan fingerprint density at radius 2 is 1.94 bits per heavy atom. The van der Waals surface area contributed by atoms with Crippen LogP contribution in [-0.2, 0) is 6.54 Å². The van der Waals surface area contributed by atoms with Crippen molar-refractivity contribution >= 4 is 44.4 Å². The molecule has 7 heteroatoms. The third-order valence-corrected chi connectivity index (χ3v) is 7.35. The normalized spacial score (nSPS) is 11.4. The van der Waals surface area contributed by atoms with E-state index in [1.54, 1.807) is 23.1 Å². The second kappa shape index (κ2) is 9.46. The van der Waals surface area contributed by atoms with E-state index in [9.17, 15) is 4.79 Å². The zero-order chi connectivity index (χ0) is 22.8. The van der Waals surface area contributed by atoms with Crippen molar-refractivity contribution in [3.05, 3.63) is 71.0 Å². The highest BCUT2D eigenvalue weighted by molar-refractivity contribution is 7.98. The fourth-order valence-corrected chi connectivity index (χ4v) is 5.50. The number of nitrogens with zero attached hydrogens (tertiary/aromatic N) is 4. The van der Waals surface area contributed by atoms with Crippen LogP contribution < -0.4 is 4.90 Å². The van der Waals surface area contributed by atoms with Crippen molar-refractivity contribution in [2.45, 2.75) is 45.1 Å². The third kappa shape index (κ3) is 4.45. The van der Waals surface area contributed by atoms with E-state index in [0.717, 1.165) is 31.6 Å². The first kappa shape index (κ1) is 22.6. The zero-order valence-electron chi connectivity index (χ0n) is 19.1. The van der Waals surface area contributed by atoms with Gasteiger partial charge in [0.05, 0.1) is 28.0 Å². The number of hydrogen-bond donors (Lipinski definition) is 0. The molecule has 0 bridgehead atoms. The van der Waals surface area contributed by atoms with Crippen LogP contribution in [0.1, 0.15) is 47.1 Å². The first-order chi connectivity index (χ1) is 15.4. The lowest BCUT2D eigenvalue weighted by molar-refractivity contribution is 0.0983. The van der Waals surface area contributed by atoms with E-state index in [-0.39, 0.29) is 5.91 Å². The highest BCUT2D eigenvalue weighted by atomic mass is 32.2. The van der Waals surface area contributed by atoms with Crippen LogP contribution in [-0.4, -0.2) is 33.5 Å². The van der Waals surface area contributed by atoms with Gasteiger partial charge in [-0.05, 0) is 55.9 Å². The molecule has 4 aromatic rings. The van der Waals surface area contributed by atoms with Gasteiger partial charge >= 0.3 is 0 Å². The van der Waals surface area contributed by atoms with Crippen molar-refractivity contribution in [1.82, 2.24) is 14.8 Å². The van der Waals surface area contributed by atoms with Crippen molar-refractivity contribution in [3.63, 3.8) is 0 Å². The van der Waals surface area contributed by atoms with Crippen LogP contribution in [0.3, 0.4) is 0 Å². The minimum atomic E-state index is -0.0263. The Hall–Kier alpha value is -2.64. The van der Waals surface area contributed by atoms with Gasteiger partial charge in [0.25, 0.3) is 5.91 Å². The van der Waals surface area contributed by atoms with Crippen molar-refractivity contribution in [3.8, 4) is 0 Å². The van der Waals surface area contributed by atoms with E-state index >= 15 is 0 Å². The fraction of sp³-hybridized carbons (Fsp3) is 0.320. The number of hydrogen-bond acceptors (Lipinski definition) is 5. The summed E-state index contributed by atoms with van der Waals surface area (Å²) in [6.45, 7) is 9.49. The number of aryl methyl sites for hydroxylation is 2. The molecule has 0 radical (unpaired) electrons. The summed E-state index contributed by atoms with van der Waals surface area (Å²) in [4.78, 5) is 21.5. The van der Waals surface area contributed by atoms with Crippen molar-refractivity contribution in [1.29, 1.82) is 0 Å². The third-order valence-electron chi connectivity index (χ3n) is 5.51. The number of carbonyl (C=O) groups is 1. The smallest absolute Gasteiger partial charge is 0.261 e. The van der Waals surface area contributed by atoms with Crippen molar-refractivity contribution in [2.75, 3.05) is 17.7 Å². The van der Waals surface area contributed by atoms with Gasteiger partial charge in [-0.3, -0.25) is 14.4 Å². The van der Waals surface area contributed by atoms with E-state index in [1.165, 1.54) is 5.56 Å². The number of amides is 1. The van der Waals surface area contributed by atoms with Gasteiger partial charge in [0, 0.05) is 17.1 Å². The molecule has 2 aromatic carbocycles. The van der Waals surface area contributed by atoms with Crippen molar-refractivity contribution in [2.24, 2.45) is 0 Å². The maximum atomic E-state index is 13.8. The fourth-order valence-electron chi connectivity index (χ4n) is 3.89. The second-order valence-electron chi connectivity index (χ2n) is 8.15. The number of aromatic nitrogens is 3. The summed E-state index contributed by atoms with van der Waals surface area (Å²) in [6.07, 6.45) is 2.00. The number of rotatable bonds is 7. The molecule has 0 N–H and O–H groups in total. The standard InChI is InChI=1S/C25H28N4OS2/c1-16(2)19-10-8-12-22-23(19)26-25(32-22)28(13-14-29-18(4)15-17(3)27-29)24(30)20-9-6-7-11-21(20)31-5/h6-12,15-16H,13-14H2,1-5H3. The highest BCUT2D eigenvalue weighted by Gasteiger charge is 2.24. The van der Waals surface area contributed by atoms with Gasteiger partial charge in [-0.1, -0.05) is 49.4 Å². The van der Waals surface area contributed by atoms with Gasteiger partial charge in [0.1, 0.15) is 0 Å². The van der Waals surface area contributed by atoms with Crippen LogP contribution in [0.25, 0.3) is 10.2 Å². The maximum absolute atomic E-state index is 13.8. The van der Waals surface area contributed by atoms with E-state index in [2.05, 4.69) is 43.2 Å². The maximum Gasteiger partial charge on any atom is 0.261 e. The van der Waals surface area contributed by atoms with E-state index in [1.807, 2.05) is 54.0 Å². The lowest BCUT2D eigenvalue weighted by Gasteiger charge is -2.21. The van der Waals surface area contributed by atoms with Crippen LogP contribution in [0.15, 0.2) is 53.4 Å². The van der Waals surface area contributed by atoms with E-state index < -0.39 is 0 Å². The molecule has 0 fully saturated rings. The van der Waals surface area contributed by atoms with Crippen LogP contribution in [0.2, 0.25) is 0 Å².